The highest BCUT2D eigenvalue weighted by molar-refractivity contribution is 5.19. The Morgan fingerprint density at radius 2 is 2.11 bits per heavy atom. The Kier molecular flexibility index (Phi) is 2.07. The van der Waals surface area contributed by atoms with Gasteiger partial charge in [-0.05, 0) is 18.2 Å². The van der Waals surface area contributed by atoms with Crippen LogP contribution in [0.2, 0.25) is 0 Å². The van der Waals surface area contributed by atoms with E-state index in [1.165, 1.54) is 0 Å². The maximum atomic E-state index is 11.4. The molecule has 0 heterocycles. The van der Waals surface area contributed by atoms with Gasteiger partial charge in [-0.25, -0.2) is 4.39 Å². The first kappa shape index (κ1) is 6.08. The van der Waals surface area contributed by atoms with Crippen molar-refractivity contribution in [1.29, 1.82) is 0 Å². The maximum Gasteiger partial charge on any atom is 0.228 e. The van der Waals surface area contributed by atoms with Gasteiger partial charge in [0.15, 0.2) is 0 Å². The van der Waals surface area contributed by atoms with Crippen LogP contribution in [0.5, 0.6) is 5.75 Å². The van der Waals surface area contributed by atoms with Gasteiger partial charge in [-0.15, -0.1) is 0 Å². The standard InChI is InChI=1S/C7H6FO/c8-6-9-7-4-2-1-3-5-7/h2-5H,6H2. The molecule has 0 bridgehead atoms. The van der Waals surface area contributed by atoms with Crippen LogP contribution in [0.15, 0.2) is 24.3 Å². The monoisotopic (exact) mass is 125 g/mol. The van der Waals surface area contributed by atoms with Crippen molar-refractivity contribution in [2.24, 2.45) is 0 Å². The Balaban J connectivity index is 2.61. The summed E-state index contributed by atoms with van der Waals surface area (Å²) in [7, 11) is 0. The lowest BCUT2D eigenvalue weighted by Gasteiger charge is -1.96. The first-order chi connectivity index (χ1) is 4.43. The van der Waals surface area contributed by atoms with Crippen LogP contribution in [0.1, 0.15) is 0 Å². The van der Waals surface area contributed by atoms with Crippen molar-refractivity contribution in [3.05, 3.63) is 30.3 Å². The molecule has 0 aromatic heterocycles. The van der Waals surface area contributed by atoms with Crippen LogP contribution in [0.3, 0.4) is 0 Å². The predicted molar refractivity (Wildman–Crippen MR) is 31.9 cm³/mol. The molecule has 1 radical (unpaired) electrons. The highest BCUT2D eigenvalue weighted by Gasteiger charge is 1.85. The van der Waals surface area contributed by atoms with Gasteiger partial charge in [0.1, 0.15) is 5.75 Å². The Bertz CT molecular complexity index is 162. The molecule has 1 nitrogen and oxygen atoms in total. The van der Waals surface area contributed by atoms with E-state index in [0.29, 0.717) is 5.75 Å². The molecule has 0 aliphatic heterocycles. The zero-order valence-corrected chi connectivity index (χ0v) is 4.80. The van der Waals surface area contributed by atoms with E-state index in [1.54, 1.807) is 24.3 Å². The second kappa shape index (κ2) is 3.07. The number of alkyl halides is 1. The third-order valence-corrected chi connectivity index (χ3v) is 0.909. The summed E-state index contributed by atoms with van der Waals surface area (Å²) in [6.45, 7) is -0.774. The van der Waals surface area contributed by atoms with Crippen LogP contribution in [0.4, 0.5) is 4.39 Å². The average molecular weight is 125 g/mol. The van der Waals surface area contributed by atoms with Crippen molar-refractivity contribution in [3.63, 3.8) is 0 Å². The molecule has 9 heavy (non-hydrogen) atoms. The lowest BCUT2D eigenvalue weighted by molar-refractivity contribution is 0.192. The lowest BCUT2D eigenvalue weighted by Crippen LogP contribution is -1.87. The molecule has 1 aromatic carbocycles. The van der Waals surface area contributed by atoms with E-state index in [4.69, 9.17) is 0 Å². The summed E-state index contributed by atoms with van der Waals surface area (Å²) in [5.41, 5.74) is 0. The number of halogens is 1. The van der Waals surface area contributed by atoms with Gasteiger partial charge in [-0.2, -0.15) is 0 Å². The van der Waals surface area contributed by atoms with E-state index in [-0.39, 0.29) is 0 Å². The van der Waals surface area contributed by atoms with Gasteiger partial charge in [0, 0.05) is 0 Å². The lowest BCUT2D eigenvalue weighted by atomic mass is 10.3. The zero-order valence-electron chi connectivity index (χ0n) is 4.80. The third kappa shape index (κ3) is 1.72. The summed E-state index contributed by atoms with van der Waals surface area (Å²) < 4.78 is 16.0. The summed E-state index contributed by atoms with van der Waals surface area (Å²) in [6, 6.07) is 9.44. The van der Waals surface area contributed by atoms with E-state index < -0.39 is 6.86 Å². The Morgan fingerprint density at radius 1 is 1.44 bits per heavy atom. The van der Waals surface area contributed by atoms with Gasteiger partial charge in [0.2, 0.25) is 6.86 Å². The second-order valence-electron chi connectivity index (χ2n) is 1.49. The minimum absolute atomic E-state index is 0.538. The fraction of sp³-hybridized carbons (Fsp3) is 0.143. The largest absolute Gasteiger partial charge is 0.463 e. The van der Waals surface area contributed by atoms with E-state index >= 15 is 0 Å². The fourth-order valence-corrected chi connectivity index (χ4v) is 0.531. The number of hydrogen-bond donors (Lipinski definition) is 0. The highest BCUT2D eigenvalue weighted by Crippen LogP contribution is 2.06. The summed E-state index contributed by atoms with van der Waals surface area (Å²) in [5.74, 6) is 0.538. The van der Waals surface area contributed by atoms with Crippen LogP contribution in [0.25, 0.3) is 0 Å². The molecule has 0 aliphatic carbocycles. The quantitative estimate of drug-likeness (QED) is 0.585. The van der Waals surface area contributed by atoms with Crippen molar-refractivity contribution in [1.82, 2.24) is 0 Å². The van der Waals surface area contributed by atoms with Crippen LogP contribution < -0.4 is 4.74 Å². The van der Waals surface area contributed by atoms with Crippen molar-refractivity contribution in [3.8, 4) is 5.75 Å². The summed E-state index contributed by atoms with van der Waals surface area (Å²) >= 11 is 0. The highest BCUT2D eigenvalue weighted by atomic mass is 19.1. The van der Waals surface area contributed by atoms with Gasteiger partial charge < -0.3 is 4.74 Å². The molecule has 47 valence electrons. The second-order valence-corrected chi connectivity index (χ2v) is 1.49. The van der Waals surface area contributed by atoms with Gasteiger partial charge in [-0.1, -0.05) is 12.1 Å². The molecular weight excluding hydrogens is 119 g/mol. The molecule has 0 aliphatic rings. The zero-order chi connectivity index (χ0) is 6.53. The summed E-state index contributed by atoms with van der Waals surface area (Å²) in [6.07, 6.45) is 0. The topological polar surface area (TPSA) is 9.23 Å². The molecule has 0 atom stereocenters. The average Bonchev–Trinajstić information content (AvgIpc) is 1.91. The molecule has 0 saturated carbocycles. The first-order valence-corrected chi connectivity index (χ1v) is 2.58. The molecule has 0 unspecified atom stereocenters. The van der Waals surface area contributed by atoms with Crippen molar-refractivity contribution < 1.29 is 9.13 Å². The fourth-order valence-electron chi connectivity index (χ4n) is 0.531. The SMILES string of the molecule is FCOc1cc[c]cc1. The predicted octanol–water partition coefficient (Wildman–Crippen LogP) is 1.79. The van der Waals surface area contributed by atoms with E-state index in [9.17, 15) is 4.39 Å². The van der Waals surface area contributed by atoms with Crippen molar-refractivity contribution in [2.45, 2.75) is 0 Å². The van der Waals surface area contributed by atoms with Crippen LogP contribution in [-0.2, 0) is 0 Å². The molecule has 1 rings (SSSR count). The third-order valence-electron chi connectivity index (χ3n) is 0.909. The molecule has 0 spiro atoms. The Labute approximate surface area is 53.1 Å². The maximum absolute atomic E-state index is 11.4. The number of benzene rings is 1. The van der Waals surface area contributed by atoms with Gasteiger partial charge in [-0.3, -0.25) is 0 Å². The van der Waals surface area contributed by atoms with Gasteiger partial charge in [0.05, 0.1) is 0 Å². The number of rotatable bonds is 2. The molecule has 2 heteroatoms. The normalized spacial score (nSPS) is 9.00. The van der Waals surface area contributed by atoms with Gasteiger partial charge in [0.25, 0.3) is 0 Å². The molecular formula is C7H6FO. The molecule has 0 amide bonds. The molecule has 0 fully saturated rings. The van der Waals surface area contributed by atoms with Crippen LogP contribution >= 0.6 is 0 Å². The van der Waals surface area contributed by atoms with Gasteiger partial charge >= 0.3 is 0 Å². The Morgan fingerprint density at radius 3 is 2.67 bits per heavy atom. The molecule has 0 saturated heterocycles. The number of hydrogen-bond acceptors (Lipinski definition) is 1. The van der Waals surface area contributed by atoms with Crippen molar-refractivity contribution >= 4 is 0 Å². The number of ether oxygens (including phenoxy) is 1. The smallest absolute Gasteiger partial charge is 0.228 e. The molecule has 0 N–H and O–H groups in total. The summed E-state index contributed by atoms with van der Waals surface area (Å²) in [5, 5.41) is 0. The first-order valence-electron chi connectivity index (χ1n) is 2.58. The van der Waals surface area contributed by atoms with E-state index in [2.05, 4.69) is 10.8 Å². The van der Waals surface area contributed by atoms with Crippen molar-refractivity contribution in [2.75, 3.05) is 6.86 Å². The minimum Gasteiger partial charge on any atom is -0.463 e. The molecule has 1 aromatic rings. The van der Waals surface area contributed by atoms with E-state index in [1.807, 2.05) is 0 Å². The van der Waals surface area contributed by atoms with E-state index in [0.717, 1.165) is 0 Å². The van der Waals surface area contributed by atoms with Crippen LogP contribution in [-0.4, -0.2) is 6.86 Å². The van der Waals surface area contributed by atoms with Crippen LogP contribution in [0, 0.1) is 6.07 Å². The Hall–Kier alpha value is -1.05. The minimum atomic E-state index is -0.774. The summed E-state index contributed by atoms with van der Waals surface area (Å²) in [4.78, 5) is 0.